The number of sulfonamides is 1. The predicted molar refractivity (Wildman–Crippen MR) is 133 cm³/mol. The zero-order valence-corrected chi connectivity index (χ0v) is 21.3. The van der Waals surface area contributed by atoms with E-state index in [0.29, 0.717) is 19.0 Å². The molecule has 0 radical (unpaired) electrons. The third-order valence-electron chi connectivity index (χ3n) is 6.52. The molecule has 0 spiro atoms. The van der Waals surface area contributed by atoms with E-state index >= 15 is 0 Å². The van der Waals surface area contributed by atoms with E-state index in [1.165, 1.54) is 16.4 Å². The van der Waals surface area contributed by atoms with Crippen LogP contribution < -0.4 is 4.74 Å². The molecule has 1 aliphatic carbocycles. The van der Waals surface area contributed by atoms with Gasteiger partial charge in [0.25, 0.3) is 0 Å². The molecular formula is C27H33FN2O4S. The molecule has 0 saturated heterocycles. The van der Waals surface area contributed by atoms with E-state index in [-0.39, 0.29) is 41.6 Å². The number of rotatable bonds is 6. The van der Waals surface area contributed by atoms with Crippen LogP contribution in [0.15, 0.2) is 47.4 Å². The van der Waals surface area contributed by atoms with Crippen molar-refractivity contribution < 1.29 is 22.7 Å². The van der Waals surface area contributed by atoms with E-state index in [2.05, 4.69) is 16.7 Å². The Morgan fingerprint density at radius 2 is 1.94 bits per heavy atom. The molecule has 1 N–H and O–H groups in total. The minimum absolute atomic E-state index is 0.0906. The number of ether oxygens (including phenoxy) is 1. The van der Waals surface area contributed by atoms with Gasteiger partial charge in [0.15, 0.2) is 0 Å². The van der Waals surface area contributed by atoms with Gasteiger partial charge in [-0.15, -0.1) is 0 Å². The molecule has 8 heteroatoms. The molecule has 1 saturated carbocycles. The van der Waals surface area contributed by atoms with E-state index in [9.17, 15) is 17.9 Å². The van der Waals surface area contributed by atoms with Gasteiger partial charge >= 0.3 is 0 Å². The Balaban J connectivity index is 1.65. The Labute approximate surface area is 207 Å². The number of aliphatic hydroxyl groups excluding tert-OH is 1. The summed E-state index contributed by atoms with van der Waals surface area (Å²) >= 11 is 0. The second-order valence-electron chi connectivity index (χ2n) is 9.77. The summed E-state index contributed by atoms with van der Waals surface area (Å²) in [5.41, 5.74) is 1.70. The molecule has 0 unspecified atom stereocenters. The van der Waals surface area contributed by atoms with Crippen molar-refractivity contribution in [1.82, 2.24) is 9.21 Å². The predicted octanol–water partition coefficient (Wildman–Crippen LogP) is 3.49. The first-order valence-electron chi connectivity index (χ1n) is 12.1. The minimum atomic E-state index is -3.88. The molecule has 2 aromatic carbocycles. The molecule has 2 aliphatic rings. The monoisotopic (exact) mass is 500 g/mol. The van der Waals surface area contributed by atoms with E-state index in [1.807, 2.05) is 14.0 Å². The molecule has 0 bridgehead atoms. The Bertz CT molecular complexity index is 1200. The van der Waals surface area contributed by atoms with Crippen LogP contribution >= 0.6 is 0 Å². The maximum absolute atomic E-state index is 13.6. The first-order chi connectivity index (χ1) is 16.7. The van der Waals surface area contributed by atoms with Crippen molar-refractivity contribution in [3.63, 3.8) is 0 Å². The number of hydrogen-bond donors (Lipinski definition) is 1. The van der Waals surface area contributed by atoms with Crippen LogP contribution in [-0.2, 0) is 16.6 Å². The molecule has 188 valence electrons. The van der Waals surface area contributed by atoms with Crippen molar-refractivity contribution in [2.45, 2.75) is 50.3 Å². The molecule has 1 fully saturated rings. The van der Waals surface area contributed by atoms with Gasteiger partial charge in [0, 0.05) is 43.1 Å². The lowest BCUT2D eigenvalue weighted by Gasteiger charge is -2.37. The molecular weight excluding hydrogens is 467 g/mol. The van der Waals surface area contributed by atoms with Crippen molar-refractivity contribution >= 4 is 10.0 Å². The smallest absolute Gasteiger partial charge is 0.247 e. The molecule has 0 amide bonds. The van der Waals surface area contributed by atoms with Gasteiger partial charge in [-0.3, -0.25) is 4.90 Å². The summed E-state index contributed by atoms with van der Waals surface area (Å²) < 4.78 is 48.2. The fourth-order valence-electron chi connectivity index (χ4n) is 4.21. The summed E-state index contributed by atoms with van der Waals surface area (Å²) in [5, 5.41) is 9.79. The molecule has 6 nitrogen and oxygen atoms in total. The molecule has 1 heterocycles. The summed E-state index contributed by atoms with van der Waals surface area (Å²) in [6.07, 6.45) is 1.91. The van der Waals surface area contributed by atoms with Crippen molar-refractivity contribution in [2.24, 2.45) is 11.8 Å². The quantitative estimate of drug-likeness (QED) is 0.615. The minimum Gasteiger partial charge on any atom is -0.487 e. The van der Waals surface area contributed by atoms with Crippen LogP contribution in [0.3, 0.4) is 0 Å². The van der Waals surface area contributed by atoms with Gasteiger partial charge in [0.1, 0.15) is 22.6 Å². The summed E-state index contributed by atoms with van der Waals surface area (Å²) in [5.74, 6) is 6.65. The van der Waals surface area contributed by atoms with Crippen molar-refractivity contribution in [1.29, 1.82) is 0 Å². The molecule has 0 aromatic heterocycles. The van der Waals surface area contributed by atoms with Crippen molar-refractivity contribution in [2.75, 3.05) is 26.7 Å². The second kappa shape index (κ2) is 10.7. The van der Waals surface area contributed by atoms with Gasteiger partial charge in [-0.05, 0) is 62.7 Å². The van der Waals surface area contributed by atoms with Crippen LogP contribution in [0.25, 0.3) is 0 Å². The number of benzene rings is 2. The van der Waals surface area contributed by atoms with Crippen molar-refractivity contribution in [3.05, 3.63) is 59.4 Å². The van der Waals surface area contributed by atoms with Gasteiger partial charge in [-0.25, -0.2) is 12.8 Å². The first-order valence-corrected chi connectivity index (χ1v) is 13.5. The topological polar surface area (TPSA) is 70.1 Å². The highest BCUT2D eigenvalue weighted by Gasteiger charge is 2.38. The summed E-state index contributed by atoms with van der Waals surface area (Å²) in [7, 11) is -1.92. The number of aliphatic hydroxyl groups is 1. The number of nitrogens with zero attached hydrogens (tertiary/aromatic N) is 2. The van der Waals surface area contributed by atoms with Crippen LogP contribution in [0.2, 0.25) is 0 Å². The van der Waals surface area contributed by atoms with Gasteiger partial charge in [-0.2, -0.15) is 4.31 Å². The average Bonchev–Trinajstić information content (AvgIpc) is 3.65. The normalized spacial score (nSPS) is 22.8. The highest BCUT2D eigenvalue weighted by molar-refractivity contribution is 7.89. The van der Waals surface area contributed by atoms with Gasteiger partial charge in [0.2, 0.25) is 10.0 Å². The number of fused-ring (bicyclic) bond motifs is 1. The fraction of sp³-hybridized carbons (Fsp3) is 0.481. The maximum Gasteiger partial charge on any atom is 0.247 e. The van der Waals surface area contributed by atoms with Crippen LogP contribution in [-0.4, -0.2) is 61.6 Å². The van der Waals surface area contributed by atoms with Crippen LogP contribution in [0.5, 0.6) is 5.75 Å². The second-order valence-corrected chi connectivity index (χ2v) is 11.6. The largest absolute Gasteiger partial charge is 0.487 e. The standard InChI is InChI=1S/C27H33FN2O4S/c1-19-15-30(20(2)18-31)35(32,33)27-13-10-22(7-6-21-4-5-21)14-25(27)34-26(19)17-29(3)16-23-8-11-24(28)12-9-23/h8-14,19-21,26,31H,4-5,15-18H2,1-3H3/t19-,20-,26+/m0/s1. The zero-order valence-electron chi connectivity index (χ0n) is 20.4. The van der Waals surface area contributed by atoms with E-state index < -0.39 is 16.1 Å². The Kier molecular flexibility index (Phi) is 7.82. The number of likely N-dealkylation sites (N-methyl/N-ethyl adjacent to an activating group) is 1. The molecule has 35 heavy (non-hydrogen) atoms. The van der Waals surface area contributed by atoms with Crippen LogP contribution in [0.4, 0.5) is 4.39 Å². The highest BCUT2D eigenvalue weighted by Crippen LogP contribution is 2.34. The van der Waals surface area contributed by atoms with E-state index in [0.717, 1.165) is 24.0 Å². The zero-order chi connectivity index (χ0) is 25.2. The summed E-state index contributed by atoms with van der Waals surface area (Å²) in [6, 6.07) is 10.8. The molecule has 3 atom stereocenters. The van der Waals surface area contributed by atoms with Gasteiger partial charge in [-0.1, -0.05) is 30.9 Å². The Morgan fingerprint density at radius 1 is 1.23 bits per heavy atom. The molecule has 4 rings (SSSR count). The van der Waals surface area contributed by atoms with Crippen LogP contribution in [0, 0.1) is 29.5 Å². The maximum atomic E-state index is 13.6. The lowest BCUT2D eigenvalue weighted by Crippen LogP contribution is -2.49. The highest BCUT2D eigenvalue weighted by atomic mass is 32.2. The molecule has 1 aliphatic heterocycles. The Hall–Kier alpha value is -2.44. The van der Waals surface area contributed by atoms with Gasteiger partial charge in [0.05, 0.1) is 6.61 Å². The average molecular weight is 501 g/mol. The van der Waals surface area contributed by atoms with Crippen LogP contribution in [0.1, 0.15) is 37.8 Å². The fourth-order valence-corrected chi connectivity index (χ4v) is 6.03. The first kappa shape index (κ1) is 25.6. The Morgan fingerprint density at radius 3 is 2.60 bits per heavy atom. The molecule has 2 aromatic rings. The number of halogens is 1. The summed E-state index contributed by atoms with van der Waals surface area (Å²) in [4.78, 5) is 2.17. The number of hydrogen-bond acceptors (Lipinski definition) is 5. The third-order valence-corrected chi connectivity index (χ3v) is 8.54. The van der Waals surface area contributed by atoms with E-state index in [1.54, 1.807) is 37.3 Å². The van der Waals surface area contributed by atoms with E-state index in [4.69, 9.17) is 4.74 Å². The SMILES string of the molecule is C[C@H]1CN([C@@H](C)CO)S(=O)(=O)c2ccc(C#CC3CC3)cc2O[C@@H]1CN(C)Cc1ccc(F)cc1. The lowest BCUT2D eigenvalue weighted by atomic mass is 10.0. The third kappa shape index (κ3) is 6.22. The lowest BCUT2D eigenvalue weighted by molar-refractivity contribution is 0.0733. The van der Waals surface area contributed by atoms with Crippen molar-refractivity contribution in [3.8, 4) is 17.6 Å². The summed E-state index contributed by atoms with van der Waals surface area (Å²) in [6.45, 7) is 4.76. The van der Waals surface area contributed by atoms with Gasteiger partial charge < -0.3 is 9.84 Å².